The molecule has 0 saturated carbocycles. The number of nitrogens with one attached hydrogen (secondary N) is 1. The van der Waals surface area contributed by atoms with Crippen molar-refractivity contribution in [3.8, 4) is 0 Å². The Balaban J connectivity index is 1.79. The zero-order chi connectivity index (χ0) is 20.2. The molecule has 3 aromatic rings. The van der Waals surface area contributed by atoms with Crippen LogP contribution in [0.5, 0.6) is 0 Å². The van der Waals surface area contributed by atoms with E-state index >= 15 is 0 Å². The molecule has 0 unspecified atom stereocenters. The summed E-state index contributed by atoms with van der Waals surface area (Å²) in [6, 6.07) is 20.0. The van der Waals surface area contributed by atoms with E-state index in [1.54, 1.807) is 17.8 Å². The summed E-state index contributed by atoms with van der Waals surface area (Å²) < 4.78 is 13.9. The van der Waals surface area contributed by atoms with Gasteiger partial charge in [0.2, 0.25) is 0 Å². The van der Waals surface area contributed by atoms with E-state index in [1.807, 2.05) is 48.5 Å². The molecule has 3 nitrogen and oxygen atoms in total. The van der Waals surface area contributed by atoms with E-state index in [1.165, 1.54) is 12.1 Å². The van der Waals surface area contributed by atoms with Gasteiger partial charge in [-0.2, -0.15) is 0 Å². The molecule has 1 aliphatic rings. The van der Waals surface area contributed by atoms with Crippen LogP contribution in [-0.2, 0) is 0 Å². The molecule has 0 spiro atoms. The first kappa shape index (κ1) is 19.4. The molecular formula is C24H21FN2OS. The van der Waals surface area contributed by atoms with Crippen molar-refractivity contribution >= 4 is 29.1 Å². The van der Waals surface area contributed by atoms with Crippen molar-refractivity contribution in [1.29, 1.82) is 0 Å². The number of benzene rings is 3. The molecule has 0 aromatic heterocycles. The molecular weight excluding hydrogens is 383 g/mol. The van der Waals surface area contributed by atoms with Gasteiger partial charge in [-0.1, -0.05) is 55.4 Å². The molecule has 1 aliphatic heterocycles. The fourth-order valence-electron chi connectivity index (χ4n) is 3.22. The highest BCUT2D eigenvalue weighted by Crippen LogP contribution is 2.41. The largest absolute Gasteiger partial charge is 0.352 e. The summed E-state index contributed by atoms with van der Waals surface area (Å²) in [7, 11) is 0. The predicted molar refractivity (Wildman–Crippen MR) is 116 cm³/mol. The maximum Gasteiger partial charge on any atom is 0.251 e. The van der Waals surface area contributed by atoms with E-state index in [4.69, 9.17) is 4.99 Å². The molecule has 146 valence electrons. The molecule has 0 saturated heterocycles. The Hall–Kier alpha value is -2.92. The van der Waals surface area contributed by atoms with Gasteiger partial charge in [-0.25, -0.2) is 9.38 Å². The Morgan fingerprint density at radius 1 is 1.03 bits per heavy atom. The smallest absolute Gasteiger partial charge is 0.251 e. The van der Waals surface area contributed by atoms with Gasteiger partial charge in [0.15, 0.2) is 0 Å². The maximum atomic E-state index is 13.9. The third kappa shape index (κ3) is 4.25. The van der Waals surface area contributed by atoms with E-state index in [0.29, 0.717) is 29.1 Å². The Kier molecular flexibility index (Phi) is 5.76. The number of unbranched alkanes of at least 4 members (excludes halogenated alkanes) is 1. The average molecular weight is 405 g/mol. The van der Waals surface area contributed by atoms with Crippen molar-refractivity contribution in [2.45, 2.75) is 29.6 Å². The third-order valence-electron chi connectivity index (χ3n) is 4.73. The zero-order valence-corrected chi connectivity index (χ0v) is 16.9. The monoisotopic (exact) mass is 404 g/mol. The number of rotatable bonds is 5. The molecule has 0 bridgehead atoms. The first-order chi connectivity index (χ1) is 14.2. The van der Waals surface area contributed by atoms with Crippen LogP contribution in [0.15, 0.2) is 81.5 Å². The van der Waals surface area contributed by atoms with E-state index in [2.05, 4.69) is 12.2 Å². The van der Waals surface area contributed by atoms with Crippen molar-refractivity contribution in [3.63, 3.8) is 0 Å². The first-order valence-corrected chi connectivity index (χ1v) is 10.5. The van der Waals surface area contributed by atoms with Crippen LogP contribution in [0.3, 0.4) is 0 Å². The van der Waals surface area contributed by atoms with E-state index in [9.17, 15) is 9.18 Å². The average Bonchev–Trinajstić information content (AvgIpc) is 2.90. The van der Waals surface area contributed by atoms with Crippen molar-refractivity contribution in [3.05, 3.63) is 89.2 Å². The summed E-state index contributed by atoms with van der Waals surface area (Å²) in [5, 5.41) is 2.95. The predicted octanol–water partition coefficient (Wildman–Crippen LogP) is 5.99. The van der Waals surface area contributed by atoms with Crippen molar-refractivity contribution in [2.24, 2.45) is 4.99 Å². The molecule has 5 heteroatoms. The van der Waals surface area contributed by atoms with Crippen LogP contribution in [0.1, 0.15) is 41.3 Å². The minimum Gasteiger partial charge on any atom is -0.352 e. The van der Waals surface area contributed by atoms with Gasteiger partial charge < -0.3 is 5.32 Å². The Morgan fingerprint density at radius 3 is 2.72 bits per heavy atom. The number of halogens is 1. The number of hydrogen-bond donors (Lipinski definition) is 1. The lowest BCUT2D eigenvalue weighted by molar-refractivity contribution is 0.0953. The van der Waals surface area contributed by atoms with Gasteiger partial charge in [0, 0.05) is 33.0 Å². The van der Waals surface area contributed by atoms with E-state index in [-0.39, 0.29) is 11.7 Å². The molecule has 0 atom stereocenters. The second kappa shape index (κ2) is 8.62. The highest BCUT2D eigenvalue weighted by molar-refractivity contribution is 7.99. The van der Waals surface area contributed by atoms with Crippen LogP contribution in [-0.4, -0.2) is 18.2 Å². The lowest BCUT2D eigenvalue weighted by atomic mass is 10.0. The highest BCUT2D eigenvalue weighted by Gasteiger charge is 2.20. The molecule has 0 aliphatic carbocycles. The molecule has 0 radical (unpaired) electrons. The minimum atomic E-state index is -0.302. The van der Waals surface area contributed by atoms with Gasteiger partial charge in [-0.05, 0) is 42.8 Å². The van der Waals surface area contributed by atoms with Gasteiger partial charge in [-0.15, -0.1) is 0 Å². The number of carbonyl (C=O) groups is 1. The quantitative estimate of drug-likeness (QED) is 0.415. The second-order valence-corrected chi connectivity index (χ2v) is 7.94. The summed E-state index contributed by atoms with van der Waals surface area (Å²) >= 11 is 1.61. The summed E-state index contributed by atoms with van der Waals surface area (Å²) in [5.74, 6) is -0.403. The molecule has 3 aromatic carbocycles. The van der Waals surface area contributed by atoms with Crippen molar-refractivity contribution in [2.75, 3.05) is 6.54 Å². The summed E-state index contributed by atoms with van der Waals surface area (Å²) in [6.07, 6.45) is 1.98. The molecule has 0 fully saturated rings. The number of fused-ring (bicyclic) bond motifs is 2. The molecule has 4 rings (SSSR count). The number of amides is 1. The van der Waals surface area contributed by atoms with Crippen molar-refractivity contribution < 1.29 is 9.18 Å². The van der Waals surface area contributed by atoms with Crippen LogP contribution in [0.4, 0.5) is 10.1 Å². The minimum absolute atomic E-state index is 0.101. The summed E-state index contributed by atoms with van der Waals surface area (Å²) in [6.45, 7) is 2.75. The lowest BCUT2D eigenvalue weighted by Gasteiger charge is -2.09. The fourth-order valence-corrected chi connectivity index (χ4v) is 4.22. The van der Waals surface area contributed by atoms with Crippen LogP contribution in [0.25, 0.3) is 0 Å². The van der Waals surface area contributed by atoms with Crippen LogP contribution in [0.2, 0.25) is 0 Å². The number of carbonyl (C=O) groups excluding carboxylic acids is 1. The zero-order valence-electron chi connectivity index (χ0n) is 16.1. The summed E-state index contributed by atoms with van der Waals surface area (Å²) in [5.41, 5.74) is 3.66. The van der Waals surface area contributed by atoms with Gasteiger partial charge in [0.25, 0.3) is 5.91 Å². The van der Waals surface area contributed by atoms with E-state index < -0.39 is 0 Å². The van der Waals surface area contributed by atoms with Crippen LogP contribution in [0, 0.1) is 5.82 Å². The molecule has 1 N–H and O–H groups in total. The normalized spacial score (nSPS) is 12.4. The fraction of sp³-hybridized carbons (Fsp3) is 0.167. The Labute approximate surface area is 174 Å². The van der Waals surface area contributed by atoms with Gasteiger partial charge in [-0.3, -0.25) is 4.79 Å². The number of aliphatic imine (C=N–C) groups is 1. The Bertz CT molecular complexity index is 1090. The molecule has 1 amide bonds. The Morgan fingerprint density at radius 2 is 1.90 bits per heavy atom. The van der Waals surface area contributed by atoms with Crippen molar-refractivity contribution in [1.82, 2.24) is 5.32 Å². The SMILES string of the molecule is CCCCNC(=O)c1ccc2c(c1)N=C(c1cccc(F)c1)c1ccccc1S2. The first-order valence-electron chi connectivity index (χ1n) is 9.70. The lowest BCUT2D eigenvalue weighted by Crippen LogP contribution is -2.24. The number of hydrogen-bond acceptors (Lipinski definition) is 3. The second-order valence-electron chi connectivity index (χ2n) is 6.86. The van der Waals surface area contributed by atoms with Gasteiger partial charge in [0.1, 0.15) is 5.82 Å². The third-order valence-corrected chi connectivity index (χ3v) is 5.87. The maximum absolute atomic E-state index is 13.9. The molecule has 1 heterocycles. The highest BCUT2D eigenvalue weighted by atomic mass is 32.2. The van der Waals surface area contributed by atoms with Gasteiger partial charge >= 0.3 is 0 Å². The van der Waals surface area contributed by atoms with Crippen LogP contribution >= 0.6 is 11.8 Å². The van der Waals surface area contributed by atoms with E-state index in [0.717, 1.165) is 28.2 Å². The van der Waals surface area contributed by atoms with Crippen LogP contribution < -0.4 is 5.32 Å². The topological polar surface area (TPSA) is 41.5 Å². The number of nitrogens with zero attached hydrogens (tertiary/aromatic N) is 1. The summed E-state index contributed by atoms with van der Waals surface area (Å²) in [4.78, 5) is 19.4. The van der Waals surface area contributed by atoms with Gasteiger partial charge in [0.05, 0.1) is 11.4 Å². The molecule has 29 heavy (non-hydrogen) atoms. The standard InChI is InChI=1S/C24H21FN2OS/c1-2-3-13-26-24(28)17-11-12-22-20(15-17)27-23(16-7-6-8-18(25)14-16)19-9-4-5-10-21(19)29-22/h4-12,14-15H,2-3,13H2,1H3,(H,26,28).